The molecule has 0 spiro atoms. The van der Waals surface area contributed by atoms with Crippen LogP contribution in [-0.4, -0.2) is 13.1 Å². The van der Waals surface area contributed by atoms with Crippen LogP contribution < -0.4 is 16.0 Å². The molecule has 3 N–H and O–H groups in total. The lowest BCUT2D eigenvalue weighted by Crippen LogP contribution is -2.38. The molecule has 0 unspecified atom stereocenters. The molecule has 1 aliphatic heterocycles. The van der Waals surface area contributed by atoms with Gasteiger partial charge in [0.25, 0.3) is 0 Å². The van der Waals surface area contributed by atoms with Crippen molar-refractivity contribution in [2.24, 2.45) is 11.8 Å². The summed E-state index contributed by atoms with van der Waals surface area (Å²) >= 11 is 0. The predicted octanol–water partition coefficient (Wildman–Crippen LogP) is 4.36. The van der Waals surface area contributed by atoms with Crippen molar-refractivity contribution in [1.82, 2.24) is 0 Å². The van der Waals surface area contributed by atoms with Crippen LogP contribution in [0.3, 0.4) is 0 Å². The monoisotopic (exact) mass is 309 g/mol. The Morgan fingerprint density at radius 1 is 0.957 bits per heavy atom. The van der Waals surface area contributed by atoms with E-state index in [-0.39, 0.29) is 0 Å². The Morgan fingerprint density at radius 2 is 1.57 bits per heavy atom. The van der Waals surface area contributed by atoms with E-state index in [1.165, 1.54) is 30.8 Å². The molecule has 23 heavy (non-hydrogen) atoms. The summed E-state index contributed by atoms with van der Waals surface area (Å²) in [5.74, 6) is 1.56. The van der Waals surface area contributed by atoms with Gasteiger partial charge in [-0.05, 0) is 60.2 Å². The number of hydrogen-bond acceptors (Lipinski definition) is 3. The molecule has 1 heterocycles. The number of benzene rings is 2. The van der Waals surface area contributed by atoms with Crippen molar-refractivity contribution < 1.29 is 0 Å². The molecule has 3 rings (SSSR count). The summed E-state index contributed by atoms with van der Waals surface area (Å²) < 4.78 is 0. The summed E-state index contributed by atoms with van der Waals surface area (Å²) in [5.41, 5.74) is 10.3. The lowest BCUT2D eigenvalue weighted by molar-refractivity contribution is 0.357. The fourth-order valence-electron chi connectivity index (χ4n) is 3.50. The molecular weight excluding hydrogens is 282 g/mol. The molecule has 0 aliphatic carbocycles. The lowest BCUT2D eigenvalue weighted by atomic mass is 9.91. The third kappa shape index (κ3) is 4.19. The van der Waals surface area contributed by atoms with Crippen LogP contribution in [0.15, 0.2) is 48.5 Å². The number of rotatable bonds is 4. The normalized spacial score (nSPS) is 21.2. The maximum Gasteiger partial charge on any atom is 0.0400 e. The first-order chi connectivity index (χ1) is 11.1. The molecule has 2 atom stereocenters. The van der Waals surface area contributed by atoms with Gasteiger partial charge in [-0.1, -0.05) is 26.0 Å². The van der Waals surface area contributed by atoms with Gasteiger partial charge in [-0.2, -0.15) is 0 Å². The average Bonchev–Trinajstić information content (AvgIpc) is 2.54. The standard InChI is InChI=1S/C20H27N3/c1-15-11-16(2)14-23(13-15)20-9-7-19(8-10-20)22-12-17-3-5-18(21)6-4-17/h3-10,15-16,22H,11-14,21H2,1-2H3/t15-,16+. The number of nitrogens with two attached hydrogens (primary N) is 1. The first kappa shape index (κ1) is 15.7. The van der Waals surface area contributed by atoms with E-state index in [0.717, 1.165) is 29.8 Å². The van der Waals surface area contributed by atoms with Crippen molar-refractivity contribution in [3.63, 3.8) is 0 Å². The fraction of sp³-hybridized carbons (Fsp3) is 0.400. The van der Waals surface area contributed by atoms with E-state index in [4.69, 9.17) is 5.73 Å². The Balaban J connectivity index is 1.59. The van der Waals surface area contributed by atoms with Crippen molar-refractivity contribution in [3.8, 4) is 0 Å². The molecule has 1 fully saturated rings. The molecule has 3 nitrogen and oxygen atoms in total. The summed E-state index contributed by atoms with van der Waals surface area (Å²) in [6, 6.07) is 16.8. The van der Waals surface area contributed by atoms with Gasteiger partial charge in [0.2, 0.25) is 0 Å². The third-order valence-electron chi connectivity index (χ3n) is 4.58. The van der Waals surface area contributed by atoms with E-state index in [0.29, 0.717) is 0 Å². The van der Waals surface area contributed by atoms with Crippen molar-refractivity contribution in [1.29, 1.82) is 0 Å². The zero-order chi connectivity index (χ0) is 16.2. The highest BCUT2D eigenvalue weighted by molar-refractivity contribution is 5.55. The van der Waals surface area contributed by atoms with Gasteiger partial charge in [0.1, 0.15) is 0 Å². The zero-order valence-electron chi connectivity index (χ0n) is 14.1. The lowest BCUT2D eigenvalue weighted by Gasteiger charge is -2.36. The summed E-state index contributed by atoms with van der Waals surface area (Å²) in [6.45, 7) is 7.86. The van der Waals surface area contributed by atoms with Crippen LogP contribution in [0.1, 0.15) is 25.8 Å². The summed E-state index contributed by atoms with van der Waals surface area (Å²) in [5, 5.41) is 3.47. The van der Waals surface area contributed by atoms with Gasteiger partial charge >= 0.3 is 0 Å². The third-order valence-corrected chi connectivity index (χ3v) is 4.58. The maximum absolute atomic E-state index is 5.72. The number of piperidine rings is 1. The van der Waals surface area contributed by atoms with E-state index in [1.807, 2.05) is 12.1 Å². The molecule has 0 radical (unpaired) electrons. The Kier molecular flexibility index (Phi) is 4.75. The molecule has 3 heteroatoms. The van der Waals surface area contributed by atoms with Crippen LogP contribution in [-0.2, 0) is 6.54 Å². The number of anilines is 3. The van der Waals surface area contributed by atoms with Crippen LogP contribution in [0, 0.1) is 11.8 Å². The van der Waals surface area contributed by atoms with Crippen molar-refractivity contribution in [2.45, 2.75) is 26.8 Å². The Hall–Kier alpha value is -2.16. The molecular formula is C20H27N3. The largest absolute Gasteiger partial charge is 0.399 e. The number of hydrogen-bond donors (Lipinski definition) is 2. The predicted molar refractivity (Wildman–Crippen MR) is 99.8 cm³/mol. The minimum Gasteiger partial charge on any atom is -0.399 e. The molecule has 2 aromatic carbocycles. The Labute approximate surface area is 139 Å². The van der Waals surface area contributed by atoms with Crippen molar-refractivity contribution in [2.75, 3.05) is 29.0 Å². The van der Waals surface area contributed by atoms with Gasteiger partial charge in [-0.3, -0.25) is 0 Å². The molecule has 0 aromatic heterocycles. The smallest absolute Gasteiger partial charge is 0.0400 e. The van der Waals surface area contributed by atoms with Gasteiger partial charge < -0.3 is 16.0 Å². The summed E-state index contributed by atoms with van der Waals surface area (Å²) in [7, 11) is 0. The maximum atomic E-state index is 5.72. The first-order valence-electron chi connectivity index (χ1n) is 8.53. The number of nitrogens with one attached hydrogen (secondary N) is 1. The molecule has 1 aliphatic rings. The van der Waals surface area contributed by atoms with Gasteiger partial charge in [-0.15, -0.1) is 0 Å². The molecule has 2 aromatic rings. The summed E-state index contributed by atoms with van der Waals surface area (Å²) in [6.07, 6.45) is 1.34. The highest BCUT2D eigenvalue weighted by Crippen LogP contribution is 2.27. The highest BCUT2D eigenvalue weighted by atomic mass is 15.1. The van der Waals surface area contributed by atoms with Crippen LogP contribution >= 0.6 is 0 Å². The number of nitrogens with zero attached hydrogens (tertiary/aromatic N) is 1. The van der Waals surface area contributed by atoms with E-state index < -0.39 is 0 Å². The average molecular weight is 309 g/mol. The number of nitrogen functional groups attached to an aromatic ring is 1. The second-order valence-corrected chi connectivity index (χ2v) is 6.99. The van der Waals surface area contributed by atoms with Gasteiger partial charge in [0.05, 0.1) is 0 Å². The zero-order valence-corrected chi connectivity index (χ0v) is 14.1. The van der Waals surface area contributed by atoms with Crippen molar-refractivity contribution in [3.05, 3.63) is 54.1 Å². The second kappa shape index (κ2) is 6.95. The fourth-order valence-corrected chi connectivity index (χ4v) is 3.50. The Morgan fingerprint density at radius 3 is 2.17 bits per heavy atom. The molecule has 122 valence electrons. The van der Waals surface area contributed by atoms with E-state index in [2.05, 4.69) is 60.5 Å². The minimum atomic E-state index is 0.780. The topological polar surface area (TPSA) is 41.3 Å². The molecule has 0 amide bonds. The van der Waals surface area contributed by atoms with Crippen LogP contribution in [0.25, 0.3) is 0 Å². The minimum absolute atomic E-state index is 0.780. The van der Waals surface area contributed by atoms with Gasteiger partial charge in [-0.25, -0.2) is 0 Å². The summed E-state index contributed by atoms with van der Waals surface area (Å²) in [4.78, 5) is 2.52. The van der Waals surface area contributed by atoms with Crippen LogP contribution in [0.2, 0.25) is 0 Å². The SMILES string of the molecule is C[C@@H]1C[C@H](C)CN(c2ccc(NCc3ccc(N)cc3)cc2)C1. The highest BCUT2D eigenvalue weighted by Gasteiger charge is 2.21. The van der Waals surface area contributed by atoms with Gasteiger partial charge in [0.15, 0.2) is 0 Å². The molecule has 0 saturated carbocycles. The molecule has 1 saturated heterocycles. The van der Waals surface area contributed by atoms with E-state index in [1.54, 1.807) is 0 Å². The quantitative estimate of drug-likeness (QED) is 0.824. The Bertz CT molecular complexity index is 608. The van der Waals surface area contributed by atoms with E-state index >= 15 is 0 Å². The van der Waals surface area contributed by atoms with Gasteiger partial charge in [0, 0.05) is 36.7 Å². The van der Waals surface area contributed by atoms with Crippen LogP contribution in [0.4, 0.5) is 17.1 Å². The van der Waals surface area contributed by atoms with Crippen molar-refractivity contribution >= 4 is 17.1 Å². The second-order valence-electron chi connectivity index (χ2n) is 6.99. The van der Waals surface area contributed by atoms with Crippen LogP contribution in [0.5, 0.6) is 0 Å². The molecule has 0 bridgehead atoms. The first-order valence-corrected chi connectivity index (χ1v) is 8.53. The van der Waals surface area contributed by atoms with E-state index in [9.17, 15) is 0 Å².